The molecular weight excluding hydrogens is 206 g/mol. The highest BCUT2D eigenvalue weighted by Crippen LogP contribution is 1.89. The molecule has 2 N–H and O–H groups in total. The molecule has 0 bridgehead atoms. The highest BCUT2D eigenvalue weighted by Gasteiger charge is 2.05. The zero-order valence-electron chi connectivity index (χ0n) is 8.83. The maximum absolute atomic E-state index is 9.16. The summed E-state index contributed by atoms with van der Waals surface area (Å²) in [5, 5.41) is 12.3. The van der Waals surface area contributed by atoms with Crippen LogP contribution in [0.1, 0.15) is 6.92 Å². The fraction of sp³-hybridized carbons (Fsp3) is 1.00. The van der Waals surface area contributed by atoms with E-state index in [2.05, 4.69) is 5.32 Å². The van der Waals surface area contributed by atoms with Crippen molar-refractivity contribution >= 4 is 11.6 Å². The summed E-state index contributed by atoms with van der Waals surface area (Å²) < 4.78 is 10.1. The van der Waals surface area contributed by atoms with Gasteiger partial charge in [0.2, 0.25) is 0 Å². The molecule has 4 nitrogen and oxygen atoms in total. The lowest BCUT2D eigenvalue weighted by atomic mass is 10.3. The van der Waals surface area contributed by atoms with E-state index in [9.17, 15) is 0 Å². The first-order chi connectivity index (χ1) is 6.70. The van der Waals surface area contributed by atoms with Crippen molar-refractivity contribution in [2.45, 2.75) is 19.1 Å². The van der Waals surface area contributed by atoms with Gasteiger partial charge >= 0.3 is 0 Å². The van der Waals surface area contributed by atoms with E-state index >= 15 is 0 Å². The third kappa shape index (κ3) is 8.72. The van der Waals surface area contributed by atoms with E-state index in [4.69, 9.17) is 26.2 Å². The molecule has 0 aliphatic heterocycles. The fourth-order valence-corrected chi connectivity index (χ4v) is 0.962. The molecule has 2 atom stereocenters. The first kappa shape index (κ1) is 14.1. The van der Waals surface area contributed by atoms with E-state index < -0.39 is 6.10 Å². The molecule has 2 unspecified atom stereocenters. The number of rotatable bonds is 9. The summed E-state index contributed by atoms with van der Waals surface area (Å²) in [6, 6.07) is 0.213. The average molecular weight is 226 g/mol. The smallest absolute Gasteiger partial charge is 0.0799 e. The third-order valence-corrected chi connectivity index (χ3v) is 2.04. The zero-order valence-corrected chi connectivity index (χ0v) is 9.59. The SMILES string of the molecule is COCCOCC(C)NCC(O)CCl. The summed E-state index contributed by atoms with van der Waals surface area (Å²) in [5.41, 5.74) is 0. The second kappa shape index (κ2) is 9.68. The first-order valence-corrected chi connectivity index (χ1v) is 5.28. The summed E-state index contributed by atoms with van der Waals surface area (Å²) in [6.07, 6.45) is -0.488. The van der Waals surface area contributed by atoms with Crippen molar-refractivity contribution < 1.29 is 14.6 Å². The van der Waals surface area contributed by atoms with Gasteiger partial charge in [0.15, 0.2) is 0 Å². The molecule has 0 amide bonds. The lowest BCUT2D eigenvalue weighted by molar-refractivity contribution is 0.0591. The van der Waals surface area contributed by atoms with Crippen LogP contribution in [0.4, 0.5) is 0 Å². The van der Waals surface area contributed by atoms with Gasteiger partial charge in [-0.15, -0.1) is 11.6 Å². The molecule has 0 saturated carbocycles. The Hall–Kier alpha value is 0.130. The molecule has 0 aromatic carbocycles. The van der Waals surface area contributed by atoms with Crippen molar-refractivity contribution in [3.05, 3.63) is 0 Å². The Labute approximate surface area is 90.5 Å². The number of hydrogen-bond acceptors (Lipinski definition) is 4. The Morgan fingerprint density at radius 2 is 2.14 bits per heavy atom. The molecule has 0 rings (SSSR count). The molecule has 0 radical (unpaired) electrons. The van der Waals surface area contributed by atoms with Gasteiger partial charge in [-0.2, -0.15) is 0 Å². The van der Waals surface area contributed by atoms with E-state index in [-0.39, 0.29) is 11.9 Å². The van der Waals surface area contributed by atoms with Crippen molar-refractivity contribution in [3.8, 4) is 0 Å². The highest BCUT2D eigenvalue weighted by molar-refractivity contribution is 6.18. The van der Waals surface area contributed by atoms with Crippen molar-refractivity contribution in [2.24, 2.45) is 0 Å². The number of hydrogen-bond donors (Lipinski definition) is 2. The number of aliphatic hydroxyl groups excluding tert-OH is 1. The molecule has 5 heteroatoms. The second-order valence-electron chi connectivity index (χ2n) is 3.19. The van der Waals surface area contributed by atoms with Gasteiger partial charge in [0.1, 0.15) is 0 Å². The third-order valence-electron chi connectivity index (χ3n) is 1.68. The Balaban J connectivity index is 3.23. The van der Waals surface area contributed by atoms with Crippen LogP contribution < -0.4 is 5.32 Å². The van der Waals surface area contributed by atoms with Crippen molar-refractivity contribution in [2.75, 3.05) is 39.4 Å². The molecule has 0 fully saturated rings. The van der Waals surface area contributed by atoms with Gasteiger partial charge in [-0.1, -0.05) is 0 Å². The monoisotopic (exact) mass is 225 g/mol. The summed E-state index contributed by atoms with van der Waals surface area (Å²) in [7, 11) is 1.64. The molecule has 0 aliphatic carbocycles. The van der Waals surface area contributed by atoms with Crippen molar-refractivity contribution in [1.82, 2.24) is 5.32 Å². The van der Waals surface area contributed by atoms with Crippen molar-refractivity contribution in [1.29, 1.82) is 0 Å². The van der Waals surface area contributed by atoms with Gasteiger partial charge in [-0.25, -0.2) is 0 Å². The molecule has 0 heterocycles. The Morgan fingerprint density at radius 1 is 1.43 bits per heavy atom. The molecule has 86 valence electrons. The van der Waals surface area contributed by atoms with Gasteiger partial charge in [0, 0.05) is 25.6 Å². The van der Waals surface area contributed by atoms with Crippen LogP contribution in [0.2, 0.25) is 0 Å². The maximum Gasteiger partial charge on any atom is 0.0799 e. The Bertz CT molecular complexity index is 127. The van der Waals surface area contributed by atoms with Gasteiger partial charge in [-0.3, -0.25) is 0 Å². The van der Waals surface area contributed by atoms with E-state index in [1.54, 1.807) is 7.11 Å². The fourth-order valence-electron chi connectivity index (χ4n) is 0.853. The lowest BCUT2D eigenvalue weighted by Gasteiger charge is -2.15. The van der Waals surface area contributed by atoms with E-state index in [1.165, 1.54) is 0 Å². The van der Waals surface area contributed by atoms with Crippen LogP contribution in [0.15, 0.2) is 0 Å². The molecule has 0 aromatic heterocycles. The number of halogens is 1. The Kier molecular flexibility index (Phi) is 9.77. The van der Waals surface area contributed by atoms with E-state index in [0.717, 1.165) is 0 Å². The second-order valence-corrected chi connectivity index (χ2v) is 3.49. The summed E-state index contributed by atoms with van der Waals surface area (Å²) >= 11 is 5.44. The zero-order chi connectivity index (χ0) is 10.8. The van der Waals surface area contributed by atoms with Crippen LogP contribution in [0.3, 0.4) is 0 Å². The van der Waals surface area contributed by atoms with Crippen LogP contribution in [-0.4, -0.2) is 56.6 Å². The number of ether oxygens (including phenoxy) is 2. The number of methoxy groups -OCH3 is 1. The van der Waals surface area contributed by atoms with Gasteiger partial charge in [-0.05, 0) is 6.92 Å². The standard InChI is InChI=1S/C9H20ClNO3/c1-8(7-14-4-3-13-2)11-6-9(12)5-10/h8-9,11-12H,3-7H2,1-2H3. The van der Waals surface area contributed by atoms with Crippen LogP contribution in [0.5, 0.6) is 0 Å². The minimum atomic E-state index is -0.488. The largest absolute Gasteiger partial charge is 0.391 e. The van der Waals surface area contributed by atoms with Crippen molar-refractivity contribution in [3.63, 3.8) is 0 Å². The topological polar surface area (TPSA) is 50.7 Å². The number of alkyl halides is 1. The van der Waals surface area contributed by atoms with Crippen LogP contribution >= 0.6 is 11.6 Å². The average Bonchev–Trinajstić information content (AvgIpc) is 2.21. The minimum absolute atomic E-state index is 0.213. The maximum atomic E-state index is 9.16. The first-order valence-electron chi connectivity index (χ1n) is 4.74. The summed E-state index contributed by atoms with van der Waals surface area (Å²) in [5.74, 6) is 0.254. The molecule has 0 aromatic rings. The van der Waals surface area contributed by atoms with E-state index in [1.807, 2.05) is 6.92 Å². The molecule has 0 spiro atoms. The van der Waals surface area contributed by atoms with Crippen LogP contribution in [-0.2, 0) is 9.47 Å². The quantitative estimate of drug-likeness (QED) is 0.436. The Morgan fingerprint density at radius 3 is 2.71 bits per heavy atom. The summed E-state index contributed by atoms with van der Waals surface area (Å²) in [4.78, 5) is 0. The van der Waals surface area contributed by atoms with E-state index in [0.29, 0.717) is 26.4 Å². The molecule has 0 aliphatic rings. The van der Waals surface area contributed by atoms with Gasteiger partial charge in [0.25, 0.3) is 0 Å². The lowest BCUT2D eigenvalue weighted by Crippen LogP contribution is -2.37. The predicted octanol–water partition coefficient (Wildman–Crippen LogP) is 0.227. The van der Waals surface area contributed by atoms with Gasteiger partial charge < -0.3 is 19.9 Å². The highest BCUT2D eigenvalue weighted by atomic mass is 35.5. The van der Waals surface area contributed by atoms with Crippen LogP contribution in [0.25, 0.3) is 0 Å². The number of aliphatic hydroxyl groups is 1. The molecular formula is C9H20ClNO3. The summed E-state index contributed by atoms with van der Waals surface area (Å²) in [6.45, 7) is 4.31. The van der Waals surface area contributed by atoms with Gasteiger partial charge in [0.05, 0.1) is 25.9 Å². The normalized spacial score (nSPS) is 15.4. The number of nitrogens with one attached hydrogen (secondary N) is 1. The minimum Gasteiger partial charge on any atom is -0.391 e. The predicted molar refractivity (Wildman–Crippen MR) is 56.9 cm³/mol. The molecule has 14 heavy (non-hydrogen) atoms. The van der Waals surface area contributed by atoms with Crippen LogP contribution in [0, 0.1) is 0 Å². The molecule has 0 saturated heterocycles.